The molecule has 0 aromatic heterocycles. The second-order valence-electron chi connectivity index (χ2n) is 8.64. The van der Waals surface area contributed by atoms with Crippen LogP contribution >= 0.6 is 0 Å². The first-order chi connectivity index (χ1) is 10.1. The van der Waals surface area contributed by atoms with Crippen LogP contribution in [0.3, 0.4) is 0 Å². The lowest BCUT2D eigenvalue weighted by Crippen LogP contribution is -2.35. The highest BCUT2D eigenvalue weighted by Crippen LogP contribution is 2.43. The van der Waals surface area contributed by atoms with Gasteiger partial charge in [-0.05, 0) is 74.3 Å². The van der Waals surface area contributed by atoms with Gasteiger partial charge in [-0.3, -0.25) is 0 Å². The first kappa shape index (κ1) is 17.3. The van der Waals surface area contributed by atoms with E-state index >= 15 is 0 Å². The molecule has 0 aromatic rings. The fraction of sp³-hybridized carbons (Fsp3) is 1.00. The smallest absolute Gasteiger partial charge is 0.00177 e. The summed E-state index contributed by atoms with van der Waals surface area (Å²) in [6, 6.07) is 0. The molecule has 21 heavy (non-hydrogen) atoms. The van der Waals surface area contributed by atoms with Crippen molar-refractivity contribution >= 4 is 0 Å². The van der Waals surface area contributed by atoms with E-state index in [-0.39, 0.29) is 0 Å². The maximum absolute atomic E-state index is 3.77. The lowest BCUT2D eigenvalue weighted by atomic mass is 9.67. The summed E-state index contributed by atoms with van der Waals surface area (Å²) in [5, 5.41) is 3.77. The van der Waals surface area contributed by atoms with Crippen LogP contribution in [0.1, 0.15) is 79.1 Å². The van der Waals surface area contributed by atoms with E-state index in [2.05, 4.69) is 33.0 Å². The van der Waals surface area contributed by atoms with Crippen LogP contribution in [0.25, 0.3) is 0 Å². The summed E-state index contributed by atoms with van der Waals surface area (Å²) in [7, 11) is 0. The zero-order valence-corrected chi connectivity index (χ0v) is 15.0. The van der Waals surface area contributed by atoms with Crippen LogP contribution in [-0.2, 0) is 0 Å². The van der Waals surface area contributed by atoms with Crippen molar-refractivity contribution in [3.05, 3.63) is 0 Å². The van der Waals surface area contributed by atoms with Crippen LogP contribution in [0.15, 0.2) is 0 Å². The minimum Gasteiger partial charge on any atom is -0.316 e. The second kappa shape index (κ2) is 8.56. The maximum Gasteiger partial charge on any atom is -0.00177 e. The molecule has 0 heterocycles. The van der Waals surface area contributed by atoms with Crippen LogP contribution < -0.4 is 5.32 Å². The Bertz CT molecular complexity index is 286. The topological polar surface area (TPSA) is 12.0 Å². The van der Waals surface area contributed by atoms with Gasteiger partial charge in [0.25, 0.3) is 0 Å². The molecule has 2 fully saturated rings. The van der Waals surface area contributed by atoms with Gasteiger partial charge in [-0.2, -0.15) is 0 Å². The van der Waals surface area contributed by atoms with E-state index in [4.69, 9.17) is 0 Å². The van der Waals surface area contributed by atoms with E-state index in [9.17, 15) is 0 Å². The number of nitrogens with one attached hydrogen (secondary N) is 1. The van der Waals surface area contributed by atoms with Crippen molar-refractivity contribution in [1.82, 2.24) is 5.32 Å². The highest BCUT2D eigenvalue weighted by molar-refractivity contribution is 4.86. The molecule has 2 rings (SSSR count). The van der Waals surface area contributed by atoms with Gasteiger partial charge in [0.15, 0.2) is 0 Å². The first-order valence-corrected chi connectivity index (χ1v) is 9.78. The second-order valence-corrected chi connectivity index (χ2v) is 8.64. The third-order valence-corrected chi connectivity index (χ3v) is 6.42. The number of rotatable bonds is 5. The Morgan fingerprint density at radius 3 is 2.38 bits per heavy atom. The molecule has 0 spiro atoms. The van der Waals surface area contributed by atoms with Crippen molar-refractivity contribution in [2.45, 2.75) is 79.1 Å². The van der Waals surface area contributed by atoms with Crippen LogP contribution in [0.4, 0.5) is 0 Å². The standard InChI is InChI=1S/C20H39N/c1-15(2)13-21-14-19-8-6-5-7-9-20(19)18-11-10-16(3)17(4)12-18/h15-21H,5-14H2,1-4H3. The molecule has 5 atom stereocenters. The van der Waals surface area contributed by atoms with Gasteiger partial charge in [0.2, 0.25) is 0 Å². The Kier molecular flexibility index (Phi) is 7.05. The Hall–Kier alpha value is -0.0400. The molecule has 1 N–H and O–H groups in total. The van der Waals surface area contributed by atoms with E-state index in [0.717, 1.165) is 35.5 Å². The van der Waals surface area contributed by atoms with Crippen LogP contribution in [-0.4, -0.2) is 13.1 Å². The van der Waals surface area contributed by atoms with E-state index in [0.29, 0.717) is 0 Å². The van der Waals surface area contributed by atoms with Gasteiger partial charge in [-0.1, -0.05) is 53.4 Å². The minimum atomic E-state index is 0.782. The lowest BCUT2D eigenvalue weighted by Gasteiger charge is -2.40. The Morgan fingerprint density at radius 2 is 1.67 bits per heavy atom. The SMILES string of the molecule is CC(C)CNCC1CCCCCC1C1CCC(C)C(C)C1. The Labute approximate surface area is 133 Å². The van der Waals surface area contributed by atoms with Crippen molar-refractivity contribution in [3.8, 4) is 0 Å². The molecule has 5 unspecified atom stereocenters. The van der Waals surface area contributed by atoms with E-state index in [1.807, 2.05) is 0 Å². The molecule has 1 nitrogen and oxygen atoms in total. The summed E-state index contributed by atoms with van der Waals surface area (Å²) >= 11 is 0. The predicted octanol–water partition coefficient (Wildman–Crippen LogP) is 5.50. The summed E-state index contributed by atoms with van der Waals surface area (Å²) in [5.74, 6) is 5.70. The third-order valence-electron chi connectivity index (χ3n) is 6.42. The van der Waals surface area contributed by atoms with Gasteiger partial charge in [-0.25, -0.2) is 0 Å². The van der Waals surface area contributed by atoms with E-state index in [1.54, 1.807) is 0 Å². The van der Waals surface area contributed by atoms with Gasteiger partial charge in [0.1, 0.15) is 0 Å². The molecule has 2 aliphatic rings. The summed E-state index contributed by atoms with van der Waals surface area (Å²) in [6.07, 6.45) is 11.9. The van der Waals surface area contributed by atoms with E-state index < -0.39 is 0 Å². The highest BCUT2D eigenvalue weighted by Gasteiger charge is 2.34. The zero-order valence-electron chi connectivity index (χ0n) is 15.0. The van der Waals surface area contributed by atoms with Crippen molar-refractivity contribution < 1.29 is 0 Å². The van der Waals surface area contributed by atoms with Gasteiger partial charge in [0.05, 0.1) is 0 Å². The average molecular weight is 294 g/mol. The van der Waals surface area contributed by atoms with Crippen molar-refractivity contribution in [3.63, 3.8) is 0 Å². The van der Waals surface area contributed by atoms with E-state index in [1.165, 1.54) is 64.5 Å². The molecule has 1 heteroatoms. The molecule has 2 aliphatic carbocycles. The molecule has 0 radical (unpaired) electrons. The molecule has 0 aliphatic heterocycles. The Morgan fingerprint density at radius 1 is 0.905 bits per heavy atom. The molecule has 0 amide bonds. The fourth-order valence-electron chi connectivity index (χ4n) is 4.82. The van der Waals surface area contributed by atoms with Crippen LogP contribution in [0, 0.1) is 35.5 Å². The van der Waals surface area contributed by atoms with Crippen LogP contribution in [0.5, 0.6) is 0 Å². The molecule has 0 bridgehead atoms. The summed E-state index contributed by atoms with van der Waals surface area (Å²) in [5.41, 5.74) is 0. The molecule has 0 aromatic carbocycles. The minimum absolute atomic E-state index is 0.782. The van der Waals surface area contributed by atoms with Crippen molar-refractivity contribution in [1.29, 1.82) is 0 Å². The number of hydrogen-bond donors (Lipinski definition) is 1. The average Bonchev–Trinajstić information content (AvgIpc) is 2.67. The largest absolute Gasteiger partial charge is 0.316 e. The van der Waals surface area contributed by atoms with Gasteiger partial charge in [0, 0.05) is 0 Å². The van der Waals surface area contributed by atoms with Crippen molar-refractivity contribution in [2.75, 3.05) is 13.1 Å². The zero-order chi connectivity index (χ0) is 15.2. The van der Waals surface area contributed by atoms with Crippen molar-refractivity contribution in [2.24, 2.45) is 35.5 Å². The highest BCUT2D eigenvalue weighted by atomic mass is 14.9. The molecule has 2 saturated carbocycles. The van der Waals surface area contributed by atoms with Gasteiger partial charge >= 0.3 is 0 Å². The normalized spacial score (nSPS) is 38.4. The van der Waals surface area contributed by atoms with Gasteiger partial charge in [-0.15, -0.1) is 0 Å². The summed E-state index contributed by atoms with van der Waals surface area (Å²) < 4.78 is 0. The molecule has 124 valence electrons. The molecular weight excluding hydrogens is 254 g/mol. The fourth-order valence-corrected chi connectivity index (χ4v) is 4.82. The summed E-state index contributed by atoms with van der Waals surface area (Å²) in [4.78, 5) is 0. The first-order valence-electron chi connectivity index (χ1n) is 9.78. The van der Waals surface area contributed by atoms with Gasteiger partial charge < -0.3 is 5.32 Å². The molecular formula is C20H39N. The Balaban J connectivity index is 1.91. The summed E-state index contributed by atoms with van der Waals surface area (Å²) in [6.45, 7) is 12.1. The maximum atomic E-state index is 3.77. The number of hydrogen-bond acceptors (Lipinski definition) is 1. The monoisotopic (exact) mass is 293 g/mol. The lowest BCUT2D eigenvalue weighted by molar-refractivity contribution is 0.111. The molecule has 0 saturated heterocycles. The third kappa shape index (κ3) is 5.27. The quantitative estimate of drug-likeness (QED) is 0.660. The van der Waals surface area contributed by atoms with Crippen LogP contribution in [0.2, 0.25) is 0 Å². The predicted molar refractivity (Wildman–Crippen MR) is 93.4 cm³/mol.